The van der Waals surface area contributed by atoms with Gasteiger partial charge in [-0.3, -0.25) is 0 Å². The summed E-state index contributed by atoms with van der Waals surface area (Å²) in [7, 11) is 0. The maximum Gasteiger partial charge on any atom is 0.0948 e. The number of rotatable bonds is 3. The third-order valence-corrected chi connectivity index (χ3v) is 3.74. The molecule has 0 radical (unpaired) electrons. The van der Waals surface area contributed by atoms with Crippen LogP contribution in [0.25, 0.3) is 0 Å². The first kappa shape index (κ1) is 11.6. The van der Waals surface area contributed by atoms with Crippen molar-refractivity contribution in [3.8, 4) is 0 Å². The van der Waals surface area contributed by atoms with Gasteiger partial charge < -0.3 is 10.3 Å². The number of hydrogen-bond acceptors (Lipinski definition) is 2. The van der Waals surface area contributed by atoms with Crippen LogP contribution in [0.3, 0.4) is 0 Å². The van der Waals surface area contributed by atoms with Crippen molar-refractivity contribution in [1.29, 1.82) is 0 Å². The summed E-state index contributed by atoms with van der Waals surface area (Å²) >= 11 is 0. The summed E-state index contributed by atoms with van der Waals surface area (Å²) < 4.78 is 2.24. The summed E-state index contributed by atoms with van der Waals surface area (Å²) in [6.07, 6.45) is 9.22. The van der Waals surface area contributed by atoms with Gasteiger partial charge in [-0.15, -0.1) is 0 Å². The molecule has 2 N–H and O–H groups in total. The molecule has 0 aliphatic heterocycles. The highest BCUT2D eigenvalue weighted by molar-refractivity contribution is 5.10. The molecule has 0 atom stereocenters. The normalized spacial score (nSPS) is 20.2. The number of nitrogens with two attached hydrogens (primary N) is 1. The predicted molar refractivity (Wildman–Crippen MR) is 66.0 cm³/mol. The summed E-state index contributed by atoms with van der Waals surface area (Å²) in [5.41, 5.74) is 7.44. The second kappa shape index (κ2) is 3.88. The highest BCUT2D eigenvalue weighted by atomic mass is 15.1. The average molecular weight is 221 g/mol. The number of aromatic nitrogens is 2. The van der Waals surface area contributed by atoms with E-state index in [1.165, 1.54) is 25.7 Å². The lowest BCUT2D eigenvalue weighted by atomic mass is 9.88. The monoisotopic (exact) mass is 221 g/mol. The second-order valence-corrected chi connectivity index (χ2v) is 6.15. The van der Waals surface area contributed by atoms with E-state index in [0.717, 1.165) is 12.2 Å². The minimum Gasteiger partial charge on any atom is -0.332 e. The second-order valence-electron chi connectivity index (χ2n) is 6.15. The van der Waals surface area contributed by atoms with Gasteiger partial charge in [-0.2, -0.15) is 0 Å². The molecular formula is C13H23N3. The average Bonchev–Trinajstić information content (AvgIpc) is 2.73. The number of nitrogens with zero attached hydrogens (tertiary/aromatic N) is 2. The molecule has 1 saturated carbocycles. The molecule has 3 heteroatoms. The Labute approximate surface area is 98.1 Å². The van der Waals surface area contributed by atoms with Crippen LogP contribution in [0.5, 0.6) is 0 Å². The van der Waals surface area contributed by atoms with E-state index in [9.17, 15) is 0 Å². The topological polar surface area (TPSA) is 43.8 Å². The van der Waals surface area contributed by atoms with Crippen LogP contribution in [0.2, 0.25) is 0 Å². The Hall–Kier alpha value is -0.830. The summed E-state index contributed by atoms with van der Waals surface area (Å²) in [5.74, 6) is 0. The predicted octanol–water partition coefficient (Wildman–Crippen LogP) is 2.66. The zero-order valence-corrected chi connectivity index (χ0v) is 10.7. The molecule has 3 nitrogen and oxygen atoms in total. The standard InChI is InChI=1S/C13H23N3/c1-12(2,14)11-8-15-10-16(11)9-13(3)6-4-5-7-13/h8,10H,4-7,9,14H2,1-3H3. The fraction of sp³-hybridized carbons (Fsp3) is 0.769. The van der Waals surface area contributed by atoms with Gasteiger partial charge in [0.15, 0.2) is 0 Å². The van der Waals surface area contributed by atoms with Gasteiger partial charge in [0.25, 0.3) is 0 Å². The fourth-order valence-electron chi connectivity index (χ4n) is 2.78. The van der Waals surface area contributed by atoms with E-state index in [1.54, 1.807) is 0 Å². The Balaban J connectivity index is 2.19. The van der Waals surface area contributed by atoms with Crippen LogP contribution in [0.15, 0.2) is 12.5 Å². The molecule has 90 valence electrons. The van der Waals surface area contributed by atoms with Gasteiger partial charge in [0.05, 0.1) is 17.6 Å². The molecule has 0 aromatic carbocycles. The fourth-order valence-corrected chi connectivity index (χ4v) is 2.78. The van der Waals surface area contributed by atoms with Crippen molar-refractivity contribution in [3.63, 3.8) is 0 Å². The largest absolute Gasteiger partial charge is 0.332 e. The summed E-state index contributed by atoms with van der Waals surface area (Å²) in [6.45, 7) is 7.52. The smallest absolute Gasteiger partial charge is 0.0948 e. The van der Waals surface area contributed by atoms with E-state index in [1.807, 2.05) is 26.4 Å². The van der Waals surface area contributed by atoms with Crippen molar-refractivity contribution in [1.82, 2.24) is 9.55 Å². The molecule has 1 heterocycles. The first-order chi connectivity index (χ1) is 7.41. The quantitative estimate of drug-likeness (QED) is 0.852. The van der Waals surface area contributed by atoms with E-state index in [0.29, 0.717) is 5.41 Å². The van der Waals surface area contributed by atoms with Gasteiger partial charge >= 0.3 is 0 Å². The van der Waals surface area contributed by atoms with Crippen molar-refractivity contribution in [3.05, 3.63) is 18.2 Å². The molecule has 1 aromatic heterocycles. The Morgan fingerprint density at radius 2 is 2.06 bits per heavy atom. The Bertz CT molecular complexity index is 353. The molecule has 1 fully saturated rings. The van der Waals surface area contributed by atoms with Gasteiger partial charge in [0.1, 0.15) is 0 Å². The number of imidazole rings is 1. The molecule has 0 amide bonds. The molecule has 0 spiro atoms. The van der Waals surface area contributed by atoms with Crippen LogP contribution in [-0.2, 0) is 12.1 Å². The summed E-state index contributed by atoms with van der Waals surface area (Å²) in [5, 5.41) is 0. The Kier molecular flexibility index (Phi) is 2.82. The van der Waals surface area contributed by atoms with E-state index in [4.69, 9.17) is 5.73 Å². The van der Waals surface area contributed by atoms with Gasteiger partial charge in [-0.1, -0.05) is 19.8 Å². The van der Waals surface area contributed by atoms with Crippen molar-refractivity contribution in [2.45, 2.75) is 58.5 Å². The Morgan fingerprint density at radius 3 is 2.62 bits per heavy atom. The molecule has 0 unspecified atom stereocenters. The molecular weight excluding hydrogens is 198 g/mol. The van der Waals surface area contributed by atoms with Crippen molar-refractivity contribution in [2.75, 3.05) is 0 Å². The first-order valence-corrected chi connectivity index (χ1v) is 6.20. The van der Waals surface area contributed by atoms with E-state index < -0.39 is 0 Å². The SMILES string of the molecule is CC1(Cn2cncc2C(C)(C)N)CCCC1. The first-order valence-electron chi connectivity index (χ1n) is 6.20. The molecule has 16 heavy (non-hydrogen) atoms. The molecule has 1 aliphatic carbocycles. The third kappa shape index (κ3) is 2.29. The van der Waals surface area contributed by atoms with Crippen LogP contribution in [0.1, 0.15) is 52.1 Å². The lowest BCUT2D eigenvalue weighted by Crippen LogP contribution is -2.33. The van der Waals surface area contributed by atoms with E-state index >= 15 is 0 Å². The minimum absolute atomic E-state index is 0.300. The molecule has 0 saturated heterocycles. The third-order valence-electron chi connectivity index (χ3n) is 3.74. The van der Waals surface area contributed by atoms with Gasteiger partial charge in [0.2, 0.25) is 0 Å². The minimum atomic E-state index is -0.300. The number of hydrogen-bond donors (Lipinski definition) is 1. The Morgan fingerprint density at radius 1 is 1.44 bits per heavy atom. The summed E-state index contributed by atoms with van der Waals surface area (Å²) in [6, 6.07) is 0. The molecule has 1 aromatic rings. The van der Waals surface area contributed by atoms with Crippen molar-refractivity contribution in [2.24, 2.45) is 11.1 Å². The van der Waals surface area contributed by atoms with Crippen molar-refractivity contribution >= 4 is 0 Å². The highest BCUT2D eigenvalue weighted by Gasteiger charge is 2.30. The van der Waals surface area contributed by atoms with Crippen LogP contribution >= 0.6 is 0 Å². The molecule has 0 bridgehead atoms. The zero-order valence-electron chi connectivity index (χ0n) is 10.7. The zero-order chi connectivity index (χ0) is 11.8. The highest BCUT2D eigenvalue weighted by Crippen LogP contribution is 2.39. The van der Waals surface area contributed by atoms with Gasteiger partial charge in [-0.25, -0.2) is 4.98 Å². The maximum atomic E-state index is 6.16. The van der Waals surface area contributed by atoms with E-state index in [-0.39, 0.29) is 5.54 Å². The maximum absolute atomic E-state index is 6.16. The lowest BCUT2D eigenvalue weighted by Gasteiger charge is -2.28. The van der Waals surface area contributed by atoms with Crippen LogP contribution in [0.4, 0.5) is 0 Å². The van der Waals surface area contributed by atoms with Crippen LogP contribution in [0, 0.1) is 5.41 Å². The van der Waals surface area contributed by atoms with E-state index in [2.05, 4.69) is 16.5 Å². The molecule has 1 aliphatic rings. The molecule has 2 rings (SSSR count). The van der Waals surface area contributed by atoms with Crippen LogP contribution < -0.4 is 5.73 Å². The summed E-state index contributed by atoms with van der Waals surface area (Å²) in [4.78, 5) is 4.24. The van der Waals surface area contributed by atoms with Crippen LogP contribution in [-0.4, -0.2) is 9.55 Å². The van der Waals surface area contributed by atoms with Crippen molar-refractivity contribution < 1.29 is 0 Å². The van der Waals surface area contributed by atoms with Gasteiger partial charge in [-0.05, 0) is 32.1 Å². The lowest BCUT2D eigenvalue weighted by molar-refractivity contribution is 0.272. The van der Waals surface area contributed by atoms with Gasteiger partial charge in [0, 0.05) is 12.7 Å².